The molecular weight excluding hydrogens is 569 g/mol. The van der Waals surface area contributed by atoms with Gasteiger partial charge in [0.05, 0.1) is 12.1 Å². The normalized spacial score (nSPS) is 14.4. The molecule has 10 heteroatoms. The van der Waals surface area contributed by atoms with Crippen LogP contribution in [-0.2, 0) is 27.8 Å². The van der Waals surface area contributed by atoms with Crippen molar-refractivity contribution in [1.82, 2.24) is 9.62 Å². The molecule has 0 aliphatic carbocycles. The van der Waals surface area contributed by atoms with Crippen LogP contribution in [0.15, 0.2) is 91.0 Å². The summed E-state index contributed by atoms with van der Waals surface area (Å²) in [5.74, 6) is -0.656. The number of nitrogens with two attached hydrogens (primary N) is 1. The van der Waals surface area contributed by atoms with E-state index in [-0.39, 0.29) is 43.8 Å². The number of hydrogen-bond acceptors (Lipinski definition) is 5. The first kappa shape index (κ1) is 35.6. The summed E-state index contributed by atoms with van der Waals surface area (Å²) in [5.41, 5.74) is 8.98. The van der Waals surface area contributed by atoms with Crippen LogP contribution in [0, 0.1) is 0 Å². The molecule has 3 aromatic rings. The van der Waals surface area contributed by atoms with E-state index in [1.807, 2.05) is 91.0 Å². The minimum Gasteiger partial charge on any atom is -0.391 e. The zero-order valence-electron chi connectivity index (χ0n) is 23.1. The van der Waals surface area contributed by atoms with Crippen LogP contribution in [0.5, 0.6) is 0 Å². The molecule has 4 N–H and O–H groups in total. The number of carbonyl (C=O) groups excluding carboxylic acids is 1. The number of nitrogens with zero attached hydrogens (tertiary/aromatic N) is 1. The summed E-state index contributed by atoms with van der Waals surface area (Å²) in [6, 6.07) is 26.7. The Morgan fingerprint density at radius 2 is 1.32 bits per heavy atom. The Morgan fingerprint density at radius 3 is 1.82 bits per heavy atom. The zero-order valence-corrected chi connectivity index (χ0v) is 25.5. The number of hydrogen-bond donors (Lipinski definition) is 3. The van der Waals surface area contributed by atoms with E-state index in [0.717, 1.165) is 16.7 Å². The standard InChI is InChI=1S/C30H39N3O4S.2ClH/c1-22(2)33(21-25-15-9-5-10-16-25)38(36,37)23(3)30(35)32-28(19-24-13-7-4-8-14-24)29(34)20-27(31)26-17-11-6-12-18-26;;/h4-18,22-23,27-29,34H,19-21,31H2,1-3H3,(H,32,35);2*1H. The molecule has 0 aromatic heterocycles. The van der Waals surface area contributed by atoms with Crippen molar-refractivity contribution in [3.63, 3.8) is 0 Å². The molecule has 3 aromatic carbocycles. The van der Waals surface area contributed by atoms with Gasteiger partial charge in [-0.1, -0.05) is 91.0 Å². The second-order valence-corrected chi connectivity index (χ2v) is 12.1. The van der Waals surface area contributed by atoms with Gasteiger partial charge in [-0.3, -0.25) is 4.79 Å². The van der Waals surface area contributed by atoms with E-state index in [1.54, 1.807) is 13.8 Å². The summed E-state index contributed by atoms with van der Waals surface area (Å²) in [6.45, 7) is 5.14. The van der Waals surface area contributed by atoms with Gasteiger partial charge in [0.2, 0.25) is 15.9 Å². The van der Waals surface area contributed by atoms with Crippen molar-refractivity contribution >= 4 is 40.7 Å². The Labute approximate surface area is 251 Å². The molecule has 220 valence electrons. The largest absolute Gasteiger partial charge is 0.391 e. The van der Waals surface area contributed by atoms with Gasteiger partial charge in [0.1, 0.15) is 0 Å². The Hall–Kier alpha value is -2.46. The van der Waals surface area contributed by atoms with Crippen LogP contribution in [-0.4, -0.2) is 47.2 Å². The minimum atomic E-state index is -3.99. The van der Waals surface area contributed by atoms with Gasteiger partial charge in [-0.25, -0.2) is 8.42 Å². The maximum atomic E-state index is 13.6. The lowest BCUT2D eigenvalue weighted by Gasteiger charge is -2.31. The lowest BCUT2D eigenvalue weighted by atomic mass is 9.94. The molecule has 0 aliphatic heterocycles. The fraction of sp³-hybridized carbons (Fsp3) is 0.367. The summed E-state index contributed by atoms with van der Waals surface area (Å²) in [5, 5.41) is 12.7. The van der Waals surface area contributed by atoms with Crippen molar-refractivity contribution < 1.29 is 18.3 Å². The SMILES string of the molecule is CC(C)N(Cc1ccccc1)S(=O)(=O)C(C)C(=O)NC(Cc1ccccc1)C(O)CC(N)c1ccccc1.Cl.Cl. The molecule has 0 spiro atoms. The molecule has 0 aliphatic rings. The molecule has 0 radical (unpaired) electrons. The first-order valence-corrected chi connectivity index (χ1v) is 14.5. The highest BCUT2D eigenvalue weighted by atomic mass is 35.5. The Balaban J connectivity index is 0.00000400. The van der Waals surface area contributed by atoms with E-state index in [1.165, 1.54) is 11.2 Å². The third kappa shape index (κ3) is 9.87. The molecule has 0 saturated heterocycles. The number of benzene rings is 3. The van der Waals surface area contributed by atoms with Gasteiger partial charge < -0.3 is 16.2 Å². The minimum absolute atomic E-state index is 0. The smallest absolute Gasteiger partial charge is 0.239 e. The molecule has 4 atom stereocenters. The number of aliphatic hydroxyl groups excluding tert-OH is 1. The molecule has 0 bridgehead atoms. The topological polar surface area (TPSA) is 113 Å². The Morgan fingerprint density at radius 1 is 0.850 bits per heavy atom. The summed E-state index contributed by atoms with van der Waals surface area (Å²) in [4.78, 5) is 13.4. The highest BCUT2D eigenvalue weighted by Crippen LogP contribution is 2.21. The molecule has 0 saturated carbocycles. The van der Waals surface area contributed by atoms with Gasteiger partial charge in [-0.05, 0) is 50.3 Å². The van der Waals surface area contributed by atoms with E-state index in [9.17, 15) is 18.3 Å². The third-order valence-electron chi connectivity index (χ3n) is 6.71. The highest BCUT2D eigenvalue weighted by Gasteiger charge is 2.37. The summed E-state index contributed by atoms with van der Waals surface area (Å²) < 4.78 is 28.5. The van der Waals surface area contributed by atoms with Gasteiger partial charge >= 0.3 is 0 Å². The molecule has 40 heavy (non-hydrogen) atoms. The summed E-state index contributed by atoms with van der Waals surface area (Å²) in [7, 11) is -3.99. The predicted molar refractivity (Wildman–Crippen MR) is 166 cm³/mol. The number of sulfonamides is 1. The number of rotatable bonds is 13. The van der Waals surface area contributed by atoms with Crippen LogP contribution in [0.3, 0.4) is 0 Å². The fourth-order valence-electron chi connectivity index (χ4n) is 4.38. The molecule has 0 fully saturated rings. The first-order valence-electron chi connectivity index (χ1n) is 13.0. The summed E-state index contributed by atoms with van der Waals surface area (Å²) >= 11 is 0. The number of nitrogens with one attached hydrogen (secondary N) is 1. The van der Waals surface area contributed by atoms with Crippen LogP contribution in [0.1, 0.15) is 49.9 Å². The molecule has 0 heterocycles. The number of carbonyl (C=O) groups is 1. The Kier molecular flexibility index (Phi) is 14.9. The van der Waals surface area contributed by atoms with E-state index < -0.39 is 39.4 Å². The second-order valence-electron chi connectivity index (χ2n) is 9.94. The molecular formula is C30H41Cl2N3O4S. The van der Waals surface area contributed by atoms with Crippen molar-refractivity contribution in [2.45, 2.75) is 69.6 Å². The molecule has 3 rings (SSSR count). The van der Waals surface area contributed by atoms with E-state index >= 15 is 0 Å². The van der Waals surface area contributed by atoms with Crippen LogP contribution in [0.2, 0.25) is 0 Å². The maximum absolute atomic E-state index is 13.6. The van der Waals surface area contributed by atoms with Crippen molar-refractivity contribution in [3.8, 4) is 0 Å². The van der Waals surface area contributed by atoms with Crippen LogP contribution < -0.4 is 11.1 Å². The van der Waals surface area contributed by atoms with Gasteiger partial charge in [0.25, 0.3) is 0 Å². The van der Waals surface area contributed by atoms with Crippen molar-refractivity contribution in [2.75, 3.05) is 0 Å². The maximum Gasteiger partial charge on any atom is 0.239 e. The molecule has 1 amide bonds. The molecule has 4 unspecified atom stereocenters. The molecule has 7 nitrogen and oxygen atoms in total. The van der Waals surface area contributed by atoms with Crippen molar-refractivity contribution in [2.24, 2.45) is 5.73 Å². The number of aliphatic hydroxyl groups is 1. The van der Waals surface area contributed by atoms with Crippen molar-refractivity contribution in [3.05, 3.63) is 108 Å². The number of amides is 1. The van der Waals surface area contributed by atoms with Crippen molar-refractivity contribution in [1.29, 1.82) is 0 Å². The third-order valence-corrected chi connectivity index (χ3v) is 9.03. The monoisotopic (exact) mass is 609 g/mol. The van der Waals surface area contributed by atoms with Crippen LogP contribution in [0.25, 0.3) is 0 Å². The lowest BCUT2D eigenvalue weighted by molar-refractivity contribution is -0.122. The van der Waals surface area contributed by atoms with Gasteiger partial charge in [-0.2, -0.15) is 4.31 Å². The van der Waals surface area contributed by atoms with E-state index in [0.29, 0.717) is 6.42 Å². The lowest BCUT2D eigenvalue weighted by Crippen LogP contribution is -2.53. The zero-order chi connectivity index (χ0) is 27.7. The van der Waals surface area contributed by atoms with Gasteiger partial charge in [0, 0.05) is 18.6 Å². The Bertz CT molecular complexity index is 1250. The average Bonchev–Trinajstić information content (AvgIpc) is 2.92. The first-order chi connectivity index (χ1) is 18.1. The fourth-order valence-corrected chi connectivity index (χ4v) is 6.04. The predicted octanol–water partition coefficient (Wildman–Crippen LogP) is 4.64. The number of halogens is 2. The average molecular weight is 611 g/mol. The highest BCUT2D eigenvalue weighted by molar-refractivity contribution is 7.90. The van der Waals surface area contributed by atoms with E-state index in [4.69, 9.17) is 5.73 Å². The van der Waals surface area contributed by atoms with Crippen LogP contribution >= 0.6 is 24.8 Å². The second kappa shape index (κ2) is 16.7. The quantitative estimate of drug-likeness (QED) is 0.261. The summed E-state index contributed by atoms with van der Waals surface area (Å²) in [6.07, 6.45) is -0.454. The van der Waals surface area contributed by atoms with Crippen LogP contribution in [0.4, 0.5) is 0 Å². The van der Waals surface area contributed by atoms with E-state index in [2.05, 4.69) is 5.32 Å². The van der Waals surface area contributed by atoms with Gasteiger partial charge in [-0.15, -0.1) is 24.8 Å². The van der Waals surface area contributed by atoms with Gasteiger partial charge in [0.15, 0.2) is 5.25 Å².